The van der Waals surface area contributed by atoms with Crippen LogP contribution in [0.1, 0.15) is 92.9 Å². The molecule has 0 aromatic heterocycles. The first-order valence-electron chi connectivity index (χ1n) is 14.1. The first kappa shape index (κ1) is 25.4. The lowest BCUT2D eigenvalue weighted by Gasteiger charge is -2.60. The molecule has 1 saturated heterocycles. The van der Waals surface area contributed by atoms with Gasteiger partial charge in [0.2, 0.25) is 0 Å². The summed E-state index contributed by atoms with van der Waals surface area (Å²) in [7, 11) is 0. The quantitative estimate of drug-likeness (QED) is 0.305. The molecule has 196 valence electrons. The molecule has 35 heavy (non-hydrogen) atoms. The average Bonchev–Trinajstić information content (AvgIpc) is 3.34. The average molecular weight is 487 g/mol. The summed E-state index contributed by atoms with van der Waals surface area (Å²) in [6.45, 7) is 17.2. The van der Waals surface area contributed by atoms with E-state index < -0.39 is 17.1 Å². The summed E-state index contributed by atoms with van der Waals surface area (Å²) in [5.74, 6) is 2.32. The zero-order valence-corrected chi connectivity index (χ0v) is 22.6. The van der Waals surface area contributed by atoms with Crippen molar-refractivity contribution < 1.29 is 24.2 Å². The Labute approximate surface area is 211 Å². The number of aliphatic hydroxyl groups excluding tert-OH is 1. The normalized spacial score (nSPS) is 48.9. The zero-order chi connectivity index (χ0) is 25.5. The molecule has 5 rings (SSSR count). The third kappa shape index (κ3) is 3.61. The van der Waals surface area contributed by atoms with E-state index in [2.05, 4.69) is 41.2 Å². The lowest BCUT2D eigenvalue weighted by molar-refractivity contribution is -0.194. The molecule has 11 atom stereocenters. The van der Waals surface area contributed by atoms with Gasteiger partial charge in [0, 0.05) is 25.7 Å². The molecule has 0 aromatic carbocycles. The second kappa shape index (κ2) is 8.41. The third-order valence-electron chi connectivity index (χ3n) is 11.6. The van der Waals surface area contributed by atoms with Crippen LogP contribution in [-0.4, -0.2) is 40.8 Å². The molecule has 4 saturated carbocycles. The topological polar surface area (TPSA) is 76.1 Å². The summed E-state index contributed by atoms with van der Waals surface area (Å²) in [5, 5.41) is 10.5. The van der Waals surface area contributed by atoms with Gasteiger partial charge in [0.1, 0.15) is 17.5 Å². The van der Waals surface area contributed by atoms with E-state index in [4.69, 9.17) is 9.47 Å². The Hall–Kier alpha value is -1.20. The summed E-state index contributed by atoms with van der Waals surface area (Å²) in [4.78, 5) is 26.0. The molecule has 5 fully saturated rings. The second-order valence-electron chi connectivity index (χ2n) is 13.6. The zero-order valence-electron chi connectivity index (χ0n) is 22.6. The van der Waals surface area contributed by atoms with Crippen molar-refractivity contribution in [3.8, 4) is 0 Å². The van der Waals surface area contributed by atoms with Gasteiger partial charge < -0.3 is 14.6 Å². The smallest absolute Gasteiger partial charge is 0.302 e. The number of hydrogen-bond acceptors (Lipinski definition) is 5. The van der Waals surface area contributed by atoms with Gasteiger partial charge in [-0.2, -0.15) is 0 Å². The van der Waals surface area contributed by atoms with Gasteiger partial charge in [0.15, 0.2) is 0 Å². The first-order chi connectivity index (χ1) is 16.3. The summed E-state index contributed by atoms with van der Waals surface area (Å²) >= 11 is 0. The van der Waals surface area contributed by atoms with Crippen molar-refractivity contribution in [2.45, 2.75) is 117 Å². The maximum atomic E-state index is 13.6. The SMILES string of the molecule is C=C(CC[C@@H](C)[C@H]1CC[C@H]2[C@@H]3C[C@H]4O[C@]45C[C@H](O)CC(=O)[C@]5(C)[C@H]3[C@H](OC(C)=O)C[C@]12C)C(C)C. The highest BCUT2D eigenvalue weighted by Gasteiger charge is 2.80. The minimum absolute atomic E-state index is 0.0296. The Morgan fingerprint density at radius 3 is 2.60 bits per heavy atom. The molecule has 0 bridgehead atoms. The minimum Gasteiger partial charge on any atom is -0.462 e. The molecule has 0 radical (unpaired) electrons. The van der Waals surface area contributed by atoms with Crippen LogP contribution in [0.5, 0.6) is 0 Å². The predicted molar refractivity (Wildman–Crippen MR) is 134 cm³/mol. The van der Waals surface area contributed by atoms with Crippen molar-refractivity contribution in [1.82, 2.24) is 0 Å². The van der Waals surface area contributed by atoms with Gasteiger partial charge in [0.25, 0.3) is 0 Å². The largest absolute Gasteiger partial charge is 0.462 e. The van der Waals surface area contributed by atoms with Crippen LogP contribution < -0.4 is 0 Å². The van der Waals surface area contributed by atoms with Gasteiger partial charge in [-0.1, -0.05) is 39.8 Å². The fourth-order valence-corrected chi connectivity index (χ4v) is 9.77. The number of hydrogen-bond donors (Lipinski definition) is 1. The van der Waals surface area contributed by atoms with Gasteiger partial charge in [-0.25, -0.2) is 0 Å². The second-order valence-corrected chi connectivity index (χ2v) is 13.6. The Bertz CT molecular complexity index is 910. The van der Waals surface area contributed by atoms with E-state index in [-0.39, 0.29) is 41.7 Å². The van der Waals surface area contributed by atoms with Gasteiger partial charge in [-0.05, 0) is 80.5 Å². The van der Waals surface area contributed by atoms with Gasteiger partial charge in [-0.3, -0.25) is 9.59 Å². The maximum Gasteiger partial charge on any atom is 0.302 e. The number of esters is 1. The van der Waals surface area contributed by atoms with Crippen LogP contribution >= 0.6 is 0 Å². The molecule has 0 unspecified atom stereocenters. The van der Waals surface area contributed by atoms with Gasteiger partial charge in [-0.15, -0.1) is 0 Å². The van der Waals surface area contributed by atoms with Crippen molar-refractivity contribution in [2.75, 3.05) is 0 Å². The molecule has 4 aliphatic carbocycles. The van der Waals surface area contributed by atoms with Gasteiger partial charge in [0.05, 0.1) is 17.6 Å². The molecule has 1 aliphatic heterocycles. The van der Waals surface area contributed by atoms with Crippen LogP contribution in [0.25, 0.3) is 0 Å². The van der Waals surface area contributed by atoms with Crippen LogP contribution in [0.4, 0.5) is 0 Å². The monoisotopic (exact) mass is 486 g/mol. The van der Waals surface area contributed by atoms with Crippen molar-refractivity contribution >= 4 is 11.8 Å². The van der Waals surface area contributed by atoms with Gasteiger partial charge >= 0.3 is 5.97 Å². The van der Waals surface area contributed by atoms with Crippen molar-refractivity contribution in [3.63, 3.8) is 0 Å². The highest BCUT2D eigenvalue weighted by atomic mass is 16.6. The lowest BCUT2D eigenvalue weighted by atomic mass is 9.43. The first-order valence-corrected chi connectivity index (χ1v) is 14.1. The van der Waals surface area contributed by atoms with Crippen LogP contribution in [0.2, 0.25) is 0 Å². The van der Waals surface area contributed by atoms with E-state index >= 15 is 0 Å². The number of fused-ring (bicyclic) bond motifs is 4. The fraction of sp³-hybridized carbons (Fsp3) is 0.867. The highest BCUT2D eigenvalue weighted by molar-refractivity contribution is 5.89. The van der Waals surface area contributed by atoms with Crippen molar-refractivity contribution in [3.05, 3.63) is 12.2 Å². The van der Waals surface area contributed by atoms with E-state index in [0.29, 0.717) is 36.0 Å². The highest BCUT2D eigenvalue weighted by Crippen LogP contribution is 2.74. The number of aliphatic hydroxyl groups is 1. The third-order valence-corrected chi connectivity index (χ3v) is 11.6. The Kier molecular flexibility index (Phi) is 6.12. The van der Waals surface area contributed by atoms with E-state index in [1.807, 2.05) is 0 Å². The Balaban J connectivity index is 1.46. The number of ether oxygens (including phenoxy) is 2. The van der Waals surface area contributed by atoms with Crippen molar-refractivity contribution in [2.24, 2.45) is 46.3 Å². The molecule has 1 heterocycles. The van der Waals surface area contributed by atoms with E-state index in [9.17, 15) is 14.7 Å². The number of rotatable bonds is 6. The predicted octanol–water partition coefficient (Wildman–Crippen LogP) is 5.49. The number of carbonyl (C=O) groups excluding carboxylic acids is 2. The van der Waals surface area contributed by atoms with E-state index in [1.165, 1.54) is 25.3 Å². The summed E-state index contributed by atoms with van der Waals surface area (Å²) in [5.41, 5.74) is 0.151. The standard InChI is InChI=1S/C30H46O5/c1-16(2)17(3)8-9-18(4)22-10-11-23-21-13-26-30(35-26)14-20(32)12-25(33)29(30,7)27(21)24(34-19(5)31)15-28(22,23)6/h16,18,20-24,26-27,32H,3,8-15H2,1-2,4-7H3/t18-,20-,21+,22-,23+,24-,26-,27-,28-,29-,30-/m1/s1. The maximum absolute atomic E-state index is 13.6. The van der Waals surface area contributed by atoms with Crippen LogP contribution in [0, 0.1) is 46.3 Å². The fourth-order valence-electron chi connectivity index (χ4n) is 9.77. The van der Waals surface area contributed by atoms with E-state index in [0.717, 1.165) is 25.7 Å². The minimum atomic E-state index is -0.694. The molecular formula is C30H46O5. The molecule has 5 heteroatoms. The molecule has 0 aromatic rings. The molecule has 5 aliphatic rings. The molecule has 1 spiro atoms. The van der Waals surface area contributed by atoms with Crippen LogP contribution in [0.15, 0.2) is 12.2 Å². The molecule has 5 nitrogen and oxygen atoms in total. The number of carbonyl (C=O) groups is 2. The van der Waals surface area contributed by atoms with Crippen LogP contribution in [-0.2, 0) is 19.1 Å². The number of allylic oxidation sites excluding steroid dienone is 1. The number of epoxide rings is 1. The van der Waals surface area contributed by atoms with E-state index in [1.54, 1.807) is 0 Å². The lowest BCUT2D eigenvalue weighted by Crippen LogP contribution is -2.66. The molecular weight excluding hydrogens is 440 g/mol. The van der Waals surface area contributed by atoms with Crippen molar-refractivity contribution in [1.29, 1.82) is 0 Å². The summed E-state index contributed by atoms with van der Waals surface area (Å²) < 4.78 is 12.5. The number of ketones is 1. The van der Waals surface area contributed by atoms with Crippen LogP contribution in [0.3, 0.4) is 0 Å². The Morgan fingerprint density at radius 1 is 1.23 bits per heavy atom. The molecule has 0 amide bonds. The Morgan fingerprint density at radius 2 is 1.94 bits per heavy atom. The summed E-state index contributed by atoms with van der Waals surface area (Å²) in [6, 6.07) is 0. The molecule has 1 N–H and O–H groups in total. The summed E-state index contributed by atoms with van der Waals surface area (Å²) in [6.07, 6.45) is 6.20. The number of Topliss-reactive ketones (excluding diaryl/α,β-unsaturated/α-hetero) is 1.